The third-order valence-corrected chi connectivity index (χ3v) is 13.5. The molecule has 0 amide bonds. The van der Waals surface area contributed by atoms with Gasteiger partial charge in [0.15, 0.2) is 0 Å². The number of nitrogens with zero attached hydrogens (tertiary/aromatic N) is 1. The predicted octanol–water partition coefficient (Wildman–Crippen LogP) is 16.4. The minimum atomic E-state index is -0.141. The van der Waals surface area contributed by atoms with E-state index in [1.807, 2.05) is 0 Å². The van der Waals surface area contributed by atoms with Gasteiger partial charge in [0, 0.05) is 27.8 Å². The molecule has 9 aromatic carbocycles. The van der Waals surface area contributed by atoms with Crippen molar-refractivity contribution >= 4 is 17.1 Å². The van der Waals surface area contributed by atoms with Crippen molar-refractivity contribution in [3.8, 4) is 66.8 Å². The fourth-order valence-corrected chi connectivity index (χ4v) is 10.3. The number of para-hydroxylation sites is 1. The molecule has 0 radical (unpaired) electrons. The van der Waals surface area contributed by atoms with Crippen LogP contribution in [0.25, 0.3) is 66.8 Å². The molecular formula is C60H47N. The average Bonchev–Trinajstić information content (AvgIpc) is 3.68. The minimum Gasteiger partial charge on any atom is -0.310 e. The quantitative estimate of drug-likeness (QED) is 0.156. The van der Waals surface area contributed by atoms with Crippen LogP contribution in [0.5, 0.6) is 0 Å². The van der Waals surface area contributed by atoms with Gasteiger partial charge in [0.05, 0.1) is 5.69 Å². The van der Waals surface area contributed by atoms with Crippen LogP contribution >= 0.6 is 0 Å². The molecule has 0 heterocycles. The van der Waals surface area contributed by atoms with Gasteiger partial charge in [-0.2, -0.15) is 0 Å². The van der Waals surface area contributed by atoms with Crippen LogP contribution in [0.2, 0.25) is 0 Å². The maximum atomic E-state index is 2.52. The highest BCUT2D eigenvalue weighted by Gasteiger charge is 2.38. The van der Waals surface area contributed by atoms with Gasteiger partial charge in [-0.05, 0) is 120 Å². The van der Waals surface area contributed by atoms with Crippen LogP contribution in [-0.4, -0.2) is 0 Å². The number of rotatable bonds is 7. The van der Waals surface area contributed by atoms with Crippen LogP contribution in [-0.2, 0) is 10.8 Å². The molecule has 2 aliphatic rings. The predicted molar refractivity (Wildman–Crippen MR) is 258 cm³/mol. The van der Waals surface area contributed by atoms with E-state index in [0.717, 1.165) is 17.1 Å². The van der Waals surface area contributed by atoms with Crippen molar-refractivity contribution in [2.45, 2.75) is 38.5 Å². The molecule has 0 aromatic heterocycles. The molecule has 1 nitrogen and oxygen atoms in total. The molecule has 0 bridgehead atoms. The molecule has 0 atom stereocenters. The summed E-state index contributed by atoms with van der Waals surface area (Å²) in [7, 11) is 0. The second-order valence-corrected chi connectivity index (χ2v) is 17.7. The standard InChI is InChI=1S/C60H47N/c1-59(2)54-24-14-11-21-48(54)50-35-32-45(38-56(50)59)61(46-33-36-51-49-22-12-15-25-55(49)60(3,4)57(51)39-46)58-26-16-13-23-52(58)53-37-44(41-19-9-6-10-20-41)31-34-47(53)43-29-27-42(28-30-43)40-17-7-5-8-18-40/h5-39H,1-4H3. The highest BCUT2D eigenvalue weighted by atomic mass is 15.1. The zero-order valence-corrected chi connectivity index (χ0v) is 35.2. The van der Waals surface area contributed by atoms with Crippen LogP contribution in [0.1, 0.15) is 49.9 Å². The fourth-order valence-electron chi connectivity index (χ4n) is 10.3. The normalized spacial score (nSPS) is 13.8. The lowest BCUT2D eigenvalue weighted by Gasteiger charge is -2.31. The van der Waals surface area contributed by atoms with Gasteiger partial charge in [0.1, 0.15) is 0 Å². The Kier molecular flexibility index (Phi) is 8.58. The molecule has 0 N–H and O–H groups in total. The van der Waals surface area contributed by atoms with E-state index < -0.39 is 0 Å². The van der Waals surface area contributed by atoms with Crippen LogP contribution in [0.15, 0.2) is 212 Å². The van der Waals surface area contributed by atoms with Crippen molar-refractivity contribution in [2.24, 2.45) is 0 Å². The maximum absolute atomic E-state index is 2.52. The summed E-state index contributed by atoms with van der Waals surface area (Å²) in [5.74, 6) is 0. The molecule has 2 aliphatic carbocycles. The second kappa shape index (κ2) is 14.2. The molecule has 0 saturated heterocycles. The molecule has 0 aliphatic heterocycles. The lowest BCUT2D eigenvalue weighted by atomic mass is 9.82. The number of fused-ring (bicyclic) bond motifs is 6. The van der Waals surface area contributed by atoms with E-state index in [-0.39, 0.29) is 10.8 Å². The molecule has 0 spiro atoms. The number of benzene rings is 9. The summed E-state index contributed by atoms with van der Waals surface area (Å²) >= 11 is 0. The van der Waals surface area contributed by atoms with E-state index in [1.165, 1.54) is 89.0 Å². The Hall–Kier alpha value is -7.22. The van der Waals surface area contributed by atoms with E-state index in [2.05, 4.69) is 245 Å². The average molecular weight is 782 g/mol. The Morgan fingerprint density at radius 2 is 0.656 bits per heavy atom. The Balaban J connectivity index is 1.14. The summed E-state index contributed by atoms with van der Waals surface area (Å²) in [4.78, 5) is 2.52. The summed E-state index contributed by atoms with van der Waals surface area (Å²) in [6, 6.07) is 78.7. The summed E-state index contributed by atoms with van der Waals surface area (Å²) < 4.78 is 0. The molecule has 0 fully saturated rings. The Morgan fingerprint density at radius 3 is 1.21 bits per heavy atom. The highest BCUT2D eigenvalue weighted by molar-refractivity contribution is 5.97. The van der Waals surface area contributed by atoms with Gasteiger partial charge >= 0.3 is 0 Å². The lowest BCUT2D eigenvalue weighted by Crippen LogP contribution is -2.18. The zero-order valence-electron chi connectivity index (χ0n) is 35.2. The van der Waals surface area contributed by atoms with E-state index in [0.29, 0.717) is 0 Å². The molecule has 0 saturated carbocycles. The molecule has 0 unspecified atom stereocenters. The topological polar surface area (TPSA) is 3.24 Å². The van der Waals surface area contributed by atoms with Gasteiger partial charge in [0.25, 0.3) is 0 Å². The van der Waals surface area contributed by atoms with Crippen molar-refractivity contribution in [2.75, 3.05) is 4.90 Å². The lowest BCUT2D eigenvalue weighted by molar-refractivity contribution is 0.660. The first-order valence-corrected chi connectivity index (χ1v) is 21.5. The number of anilines is 3. The smallest absolute Gasteiger partial charge is 0.0540 e. The van der Waals surface area contributed by atoms with Crippen LogP contribution < -0.4 is 4.90 Å². The van der Waals surface area contributed by atoms with Crippen molar-refractivity contribution in [1.82, 2.24) is 0 Å². The minimum absolute atomic E-state index is 0.141. The zero-order chi connectivity index (χ0) is 41.3. The maximum Gasteiger partial charge on any atom is 0.0540 e. The Morgan fingerprint density at radius 1 is 0.262 bits per heavy atom. The van der Waals surface area contributed by atoms with Crippen LogP contribution in [0.4, 0.5) is 17.1 Å². The van der Waals surface area contributed by atoms with E-state index in [9.17, 15) is 0 Å². The first-order valence-electron chi connectivity index (χ1n) is 21.5. The van der Waals surface area contributed by atoms with Crippen molar-refractivity contribution in [1.29, 1.82) is 0 Å². The summed E-state index contributed by atoms with van der Waals surface area (Å²) in [6.45, 7) is 9.50. The number of hydrogen-bond donors (Lipinski definition) is 0. The molecule has 9 aromatic rings. The van der Waals surface area contributed by atoms with Gasteiger partial charge in [0.2, 0.25) is 0 Å². The SMILES string of the molecule is CC1(C)c2ccccc2-c2ccc(N(c3ccc4c(c3)C(C)(C)c3ccccc3-4)c3ccccc3-c3cc(-c4ccccc4)ccc3-c3ccc(-c4ccccc4)cc3)cc21. The monoisotopic (exact) mass is 781 g/mol. The molecule has 11 rings (SSSR count). The van der Waals surface area contributed by atoms with Gasteiger partial charge in [-0.1, -0.05) is 204 Å². The first-order chi connectivity index (χ1) is 29.8. The Labute approximate surface area is 360 Å². The summed E-state index contributed by atoms with van der Waals surface area (Å²) in [5.41, 5.74) is 23.5. The van der Waals surface area contributed by atoms with Crippen LogP contribution in [0.3, 0.4) is 0 Å². The molecular weight excluding hydrogens is 735 g/mol. The van der Waals surface area contributed by atoms with Gasteiger partial charge in [-0.15, -0.1) is 0 Å². The number of hydrogen-bond acceptors (Lipinski definition) is 1. The molecule has 1 heteroatoms. The highest BCUT2D eigenvalue weighted by Crippen LogP contribution is 2.54. The third kappa shape index (κ3) is 5.99. The first kappa shape index (κ1) is 36.8. The third-order valence-electron chi connectivity index (χ3n) is 13.5. The van der Waals surface area contributed by atoms with E-state index in [4.69, 9.17) is 0 Å². The van der Waals surface area contributed by atoms with Gasteiger partial charge in [-0.3, -0.25) is 0 Å². The van der Waals surface area contributed by atoms with E-state index >= 15 is 0 Å². The van der Waals surface area contributed by atoms with Gasteiger partial charge in [-0.25, -0.2) is 0 Å². The van der Waals surface area contributed by atoms with Crippen LogP contribution in [0, 0.1) is 0 Å². The Bertz CT molecular complexity index is 3010. The van der Waals surface area contributed by atoms with E-state index in [1.54, 1.807) is 0 Å². The van der Waals surface area contributed by atoms with Crippen molar-refractivity contribution < 1.29 is 0 Å². The summed E-state index contributed by atoms with van der Waals surface area (Å²) in [5, 5.41) is 0. The van der Waals surface area contributed by atoms with Crippen molar-refractivity contribution in [3.05, 3.63) is 235 Å². The summed E-state index contributed by atoms with van der Waals surface area (Å²) in [6.07, 6.45) is 0. The molecule has 61 heavy (non-hydrogen) atoms. The largest absolute Gasteiger partial charge is 0.310 e. The second-order valence-electron chi connectivity index (χ2n) is 17.7. The van der Waals surface area contributed by atoms with Gasteiger partial charge < -0.3 is 4.90 Å². The molecule has 292 valence electrons. The van der Waals surface area contributed by atoms with Crippen molar-refractivity contribution in [3.63, 3.8) is 0 Å². The fraction of sp³-hybridized carbons (Fsp3) is 0.100.